The fraction of sp³-hybridized carbons (Fsp3) is 0.381. The van der Waals surface area contributed by atoms with Crippen LogP contribution in [0.3, 0.4) is 0 Å². The maximum Gasteiger partial charge on any atom is 0.320 e. The molecule has 0 radical (unpaired) electrons. The molecule has 1 fully saturated rings. The second kappa shape index (κ2) is 8.84. The van der Waals surface area contributed by atoms with E-state index in [1.54, 1.807) is 21.3 Å². The van der Waals surface area contributed by atoms with Crippen LogP contribution in [0.4, 0.5) is 0 Å². The lowest BCUT2D eigenvalue weighted by Crippen LogP contribution is -2.39. The molecular weight excluding hydrogens is 426 g/mol. The number of nitrogens with zero attached hydrogens (tertiary/aromatic N) is 1. The van der Waals surface area contributed by atoms with Crippen LogP contribution in [0.5, 0.6) is 17.2 Å². The van der Waals surface area contributed by atoms with E-state index in [4.69, 9.17) is 14.2 Å². The quantitative estimate of drug-likeness (QED) is 0.685. The van der Waals surface area contributed by atoms with Gasteiger partial charge in [0.05, 0.1) is 27.4 Å². The first-order valence-corrected chi connectivity index (χ1v) is 9.84. The number of hydrogen-bond donors (Lipinski definition) is 1. The van der Waals surface area contributed by atoms with E-state index in [9.17, 15) is 9.90 Å². The van der Waals surface area contributed by atoms with Gasteiger partial charge in [0, 0.05) is 11.0 Å². The summed E-state index contributed by atoms with van der Waals surface area (Å²) >= 11 is 3.64. The van der Waals surface area contributed by atoms with Gasteiger partial charge in [-0.2, -0.15) is 0 Å². The minimum absolute atomic E-state index is 0.270. The number of carboxylic acid groups (broad SMARTS) is 1. The third-order valence-corrected chi connectivity index (χ3v) is 5.84. The number of halogens is 1. The Morgan fingerprint density at radius 1 is 1.14 bits per heavy atom. The summed E-state index contributed by atoms with van der Waals surface area (Å²) in [5.41, 5.74) is 1.87. The minimum atomic E-state index is -0.804. The molecule has 1 saturated heterocycles. The Bertz CT molecular complexity index is 831. The molecule has 2 aromatic rings. The summed E-state index contributed by atoms with van der Waals surface area (Å²) in [6.45, 7) is 0.694. The van der Waals surface area contributed by atoms with E-state index in [1.165, 1.54) is 0 Å². The summed E-state index contributed by atoms with van der Waals surface area (Å²) in [6.07, 6.45) is 1.46. The molecule has 0 amide bonds. The Hall–Kier alpha value is -2.25. The van der Waals surface area contributed by atoms with E-state index < -0.39 is 12.0 Å². The molecule has 1 aliphatic rings. The number of rotatable bonds is 7. The maximum atomic E-state index is 11.9. The Morgan fingerprint density at radius 3 is 2.32 bits per heavy atom. The van der Waals surface area contributed by atoms with Crippen LogP contribution in [-0.4, -0.2) is 49.9 Å². The molecule has 150 valence electrons. The highest BCUT2D eigenvalue weighted by Crippen LogP contribution is 2.44. The maximum absolute atomic E-state index is 11.9. The summed E-state index contributed by atoms with van der Waals surface area (Å²) in [5.74, 6) is 0.790. The van der Waals surface area contributed by atoms with Crippen LogP contribution in [0, 0.1) is 0 Å². The Labute approximate surface area is 173 Å². The number of carbonyl (C=O) groups is 1. The van der Waals surface area contributed by atoms with Gasteiger partial charge in [-0.15, -0.1) is 0 Å². The van der Waals surface area contributed by atoms with Crippen LogP contribution in [0.25, 0.3) is 0 Å². The molecule has 6 nitrogen and oxygen atoms in total. The molecule has 3 rings (SSSR count). The zero-order valence-corrected chi connectivity index (χ0v) is 17.7. The van der Waals surface area contributed by atoms with E-state index in [0.717, 1.165) is 22.0 Å². The fourth-order valence-electron chi connectivity index (χ4n) is 3.87. The first-order chi connectivity index (χ1) is 13.5. The number of methoxy groups -OCH3 is 3. The number of benzene rings is 2. The van der Waals surface area contributed by atoms with Crippen molar-refractivity contribution in [3.8, 4) is 17.2 Å². The van der Waals surface area contributed by atoms with Gasteiger partial charge < -0.3 is 19.3 Å². The van der Waals surface area contributed by atoms with Gasteiger partial charge in [-0.1, -0.05) is 34.1 Å². The fourth-order valence-corrected chi connectivity index (χ4v) is 4.37. The van der Waals surface area contributed by atoms with E-state index in [1.807, 2.05) is 41.3 Å². The topological polar surface area (TPSA) is 68.2 Å². The van der Waals surface area contributed by atoms with Crippen molar-refractivity contribution in [3.05, 3.63) is 52.0 Å². The predicted molar refractivity (Wildman–Crippen MR) is 109 cm³/mol. The normalized spacial score (nSPS) is 17.9. The van der Waals surface area contributed by atoms with E-state index in [2.05, 4.69) is 15.9 Å². The lowest BCUT2D eigenvalue weighted by molar-refractivity contribution is -0.142. The number of aliphatic carboxylic acids is 1. The van der Waals surface area contributed by atoms with Gasteiger partial charge >= 0.3 is 5.97 Å². The van der Waals surface area contributed by atoms with Crippen molar-refractivity contribution in [1.29, 1.82) is 0 Å². The zero-order valence-electron chi connectivity index (χ0n) is 16.1. The average molecular weight is 450 g/mol. The number of likely N-dealkylation sites (tertiary alicyclic amines) is 1. The van der Waals surface area contributed by atoms with Crippen LogP contribution in [0.1, 0.15) is 30.0 Å². The highest BCUT2D eigenvalue weighted by atomic mass is 79.9. The van der Waals surface area contributed by atoms with Crippen LogP contribution >= 0.6 is 15.9 Å². The zero-order chi connectivity index (χ0) is 20.3. The van der Waals surface area contributed by atoms with Crippen molar-refractivity contribution in [3.63, 3.8) is 0 Å². The monoisotopic (exact) mass is 449 g/mol. The van der Waals surface area contributed by atoms with Crippen molar-refractivity contribution in [1.82, 2.24) is 4.90 Å². The summed E-state index contributed by atoms with van der Waals surface area (Å²) in [7, 11) is 4.71. The Balaban J connectivity index is 2.20. The third kappa shape index (κ3) is 3.82. The highest BCUT2D eigenvalue weighted by molar-refractivity contribution is 9.10. The lowest BCUT2D eigenvalue weighted by Gasteiger charge is -2.33. The molecule has 2 unspecified atom stereocenters. The standard InChI is InChI=1S/C21H24BrNO5/c1-26-17-11-13(12-18(27-2)20(17)28-3)19(14-7-4-5-8-15(14)22)23-10-6-9-16(23)21(24)25/h4-5,7-8,11-12,16,19H,6,9-10H2,1-3H3,(H,24,25). The van der Waals surface area contributed by atoms with Crippen LogP contribution in [-0.2, 0) is 4.79 Å². The van der Waals surface area contributed by atoms with Crippen LogP contribution in [0.15, 0.2) is 40.9 Å². The molecule has 0 saturated carbocycles. The van der Waals surface area contributed by atoms with Gasteiger partial charge in [-0.3, -0.25) is 9.69 Å². The Morgan fingerprint density at radius 2 is 1.79 bits per heavy atom. The summed E-state index contributed by atoms with van der Waals surface area (Å²) in [5, 5.41) is 9.76. The molecule has 1 heterocycles. The van der Waals surface area contributed by atoms with Crippen molar-refractivity contribution in [2.75, 3.05) is 27.9 Å². The van der Waals surface area contributed by atoms with Crippen molar-refractivity contribution < 1.29 is 24.1 Å². The molecule has 0 bridgehead atoms. The SMILES string of the molecule is COc1cc(C(c2ccccc2Br)N2CCCC2C(=O)O)cc(OC)c1OC. The first-order valence-electron chi connectivity index (χ1n) is 9.04. The van der Waals surface area contributed by atoms with Gasteiger partial charge in [0.1, 0.15) is 6.04 Å². The molecule has 7 heteroatoms. The second-order valence-electron chi connectivity index (χ2n) is 6.62. The van der Waals surface area contributed by atoms with E-state index >= 15 is 0 Å². The van der Waals surface area contributed by atoms with Gasteiger partial charge in [-0.05, 0) is 42.2 Å². The molecule has 28 heavy (non-hydrogen) atoms. The molecule has 1 N–H and O–H groups in total. The van der Waals surface area contributed by atoms with Crippen LogP contribution < -0.4 is 14.2 Å². The van der Waals surface area contributed by atoms with Crippen molar-refractivity contribution in [2.45, 2.75) is 24.9 Å². The molecular formula is C21H24BrNO5. The molecule has 0 aromatic heterocycles. The minimum Gasteiger partial charge on any atom is -0.493 e. The molecule has 2 aromatic carbocycles. The average Bonchev–Trinajstić information content (AvgIpc) is 3.18. The van der Waals surface area contributed by atoms with E-state index in [0.29, 0.717) is 30.2 Å². The molecule has 0 aliphatic carbocycles. The highest BCUT2D eigenvalue weighted by Gasteiger charge is 2.38. The number of ether oxygens (including phenoxy) is 3. The lowest BCUT2D eigenvalue weighted by atomic mass is 9.95. The van der Waals surface area contributed by atoms with Gasteiger partial charge in [-0.25, -0.2) is 0 Å². The number of carboxylic acids is 1. The molecule has 1 aliphatic heterocycles. The van der Waals surface area contributed by atoms with Gasteiger partial charge in [0.15, 0.2) is 11.5 Å². The predicted octanol–water partition coefficient (Wildman–Crippen LogP) is 4.11. The van der Waals surface area contributed by atoms with Crippen LogP contribution in [0.2, 0.25) is 0 Å². The summed E-state index contributed by atoms with van der Waals surface area (Å²) < 4.78 is 17.4. The summed E-state index contributed by atoms with van der Waals surface area (Å²) in [4.78, 5) is 13.9. The van der Waals surface area contributed by atoms with Crippen molar-refractivity contribution >= 4 is 21.9 Å². The first kappa shape index (κ1) is 20.5. The van der Waals surface area contributed by atoms with Gasteiger partial charge in [0.25, 0.3) is 0 Å². The summed E-state index contributed by atoms with van der Waals surface area (Å²) in [6, 6.07) is 10.8. The molecule has 0 spiro atoms. The van der Waals surface area contributed by atoms with Gasteiger partial charge in [0.2, 0.25) is 5.75 Å². The van der Waals surface area contributed by atoms with E-state index in [-0.39, 0.29) is 6.04 Å². The Kier molecular flexibility index (Phi) is 6.46. The smallest absolute Gasteiger partial charge is 0.320 e. The van der Waals surface area contributed by atoms with Crippen molar-refractivity contribution in [2.24, 2.45) is 0 Å². The third-order valence-electron chi connectivity index (χ3n) is 5.11. The largest absolute Gasteiger partial charge is 0.493 e. The number of hydrogen-bond acceptors (Lipinski definition) is 5. The second-order valence-corrected chi connectivity index (χ2v) is 7.47. The molecule has 2 atom stereocenters.